The zero-order valence-corrected chi connectivity index (χ0v) is 17.0. The van der Waals surface area contributed by atoms with Gasteiger partial charge in [-0.3, -0.25) is 0 Å². The molecule has 9 nitrogen and oxygen atoms in total. The summed E-state index contributed by atoms with van der Waals surface area (Å²) < 4.78 is 21.5. The van der Waals surface area contributed by atoms with E-state index < -0.39 is 18.0 Å². The van der Waals surface area contributed by atoms with Gasteiger partial charge in [0, 0.05) is 5.56 Å². The summed E-state index contributed by atoms with van der Waals surface area (Å²) in [6, 6.07) is 3.33. The third kappa shape index (κ3) is 4.76. The second kappa shape index (κ2) is 9.36. The molecule has 146 valence electrons. The maximum Gasteiger partial charge on any atom is 0.361 e. The summed E-state index contributed by atoms with van der Waals surface area (Å²) in [4.78, 5) is 23.7. The van der Waals surface area contributed by atoms with Crippen molar-refractivity contribution in [1.29, 1.82) is 0 Å². The standard InChI is InChI=1S/C17H20BrN3O6/c1-5-25-12-8-10(13-14(20-21-19-13)17(23)26-6-2)7-11(18)15(12)27-9(3)16(22)24-4/h7-9H,5-6H2,1-4H3,(H,19,20,21). The lowest BCUT2D eigenvalue weighted by Gasteiger charge is -2.18. The van der Waals surface area contributed by atoms with Crippen molar-refractivity contribution in [3.8, 4) is 22.8 Å². The quantitative estimate of drug-likeness (QED) is 0.622. The molecule has 1 heterocycles. The summed E-state index contributed by atoms with van der Waals surface area (Å²) in [6.45, 7) is 5.67. The van der Waals surface area contributed by atoms with Crippen LogP contribution >= 0.6 is 15.9 Å². The molecular formula is C17H20BrN3O6. The van der Waals surface area contributed by atoms with Crippen molar-refractivity contribution in [2.75, 3.05) is 20.3 Å². The number of nitrogens with one attached hydrogen (secondary N) is 1. The molecule has 1 atom stereocenters. The van der Waals surface area contributed by atoms with Gasteiger partial charge in [0.1, 0.15) is 5.69 Å². The Morgan fingerprint density at radius 3 is 2.59 bits per heavy atom. The lowest BCUT2D eigenvalue weighted by Crippen LogP contribution is -2.25. The number of hydrogen-bond donors (Lipinski definition) is 1. The normalized spacial score (nSPS) is 11.6. The van der Waals surface area contributed by atoms with E-state index in [1.165, 1.54) is 7.11 Å². The zero-order chi connectivity index (χ0) is 20.0. The van der Waals surface area contributed by atoms with Crippen LogP contribution in [0.3, 0.4) is 0 Å². The summed E-state index contributed by atoms with van der Waals surface area (Å²) in [5.74, 6) is -0.403. The van der Waals surface area contributed by atoms with Crippen LogP contribution in [0, 0.1) is 0 Å². The van der Waals surface area contributed by atoms with Crippen LogP contribution in [0.5, 0.6) is 11.5 Å². The molecule has 0 radical (unpaired) electrons. The van der Waals surface area contributed by atoms with Crippen molar-refractivity contribution in [1.82, 2.24) is 15.4 Å². The molecule has 2 aromatic rings. The first-order valence-corrected chi connectivity index (χ1v) is 9.01. The number of esters is 2. The fourth-order valence-electron chi connectivity index (χ4n) is 2.25. The number of halogens is 1. The summed E-state index contributed by atoms with van der Waals surface area (Å²) in [7, 11) is 1.28. The van der Waals surface area contributed by atoms with Crippen molar-refractivity contribution < 1.29 is 28.5 Å². The highest BCUT2D eigenvalue weighted by Crippen LogP contribution is 2.40. The van der Waals surface area contributed by atoms with Crippen LogP contribution in [0.25, 0.3) is 11.3 Å². The van der Waals surface area contributed by atoms with E-state index >= 15 is 0 Å². The van der Waals surface area contributed by atoms with Crippen molar-refractivity contribution in [3.63, 3.8) is 0 Å². The number of rotatable bonds is 8. The molecule has 2 rings (SSSR count). The Morgan fingerprint density at radius 1 is 1.22 bits per heavy atom. The maximum absolute atomic E-state index is 12.1. The van der Waals surface area contributed by atoms with Crippen LogP contribution in [0.15, 0.2) is 16.6 Å². The molecule has 1 N–H and O–H groups in total. The molecular weight excluding hydrogens is 422 g/mol. The van der Waals surface area contributed by atoms with Gasteiger partial charge < -0.3 is 18.9 Å². The fraction of sp³-hybridized carbons (Fsp3) is 0.412. The first-order chi connectivity index (χ1) is 12.9. The molecule has 10 heteroatoms. The summed E-state index contributed by atoms with van der Waals surface area (Å²) >= 11 is 3.41. The molecule has 0 aliphatic heterocycles. The molecule has 0 aliphatic rings. The average molecular weight is 442 g/mol. The van der Waals surface area contributed by atoms with E-state index in [4.69, 9.17) is 14.2 Å². The molecule has 0 saturated heterocycles. The predicted octanol–water partition coefficient (Wildman–Crippen LogP) is 2.75. The van der Waals surface area contributed by atoms with Crippen molar-refractivity contribution in [2.45, 2.75) is 26.9 Å². The summed E-state index contributed by atoms with van der Waals surface area (Å²) in [6.07, 6.45) is -0.835. The second-order valence-corrected chi connectivity index (χ2v) is 6.10. The highest BCUT2D eigenvalue weighted by atomic mass is 79.9. The molecule has 1 aromatic heterocycles. The highest BCUT2D eigenvalue weighted by Gasteiger charge is 2.24. The van der Waals surface area contributed by atoms with Gasteiger partial charge in [0.05, 0.1) is 24.8 Å². The Hall–Kier alpha value is -2.62. The van der Waals surface area contributed by atoms with Gasteiger partial charge in [-0.1, -0.05) is 0 Å². The minimum atomic E-state index is -0.835. The van der Waals surface area contributed by atoms with Gasteiger partial charge >= 0.3 is 11.9 Å². The smallest absolute Gasteiger partial charge is 0.361 e. The van der Waals surface area contributed by atoms with E-state index in [0.717, 1.165) is 0 Å². The number of aromatic amines is 1. The van der Waals surface area contributed by atoms with Crippen molar-refractivity contribution in [2.24, 2.45) is 0 Å². The molecule has 0 bridgehead atoms. The minimum absolute atomic E-state index is 0.0581. The molecule has 27 heavy (non-hydrogen) atoms. The maximum atomic E-state index is 12.1. The van der Waals surface area contributed by atoms with Gasteiger partial charge in [-0.15, -0.1) is 5.10 Å². The molecule has 0 aliphatic carbocycles. The lowest BCUT2D eigenvalue weighted by molar-refractivity contribution is -0.148. The number of nitrogens with zero attached hydrogens (tertiary/aromatic N) is 2. The average Bonchev–Trinajstić information content (AvgIpc) is 3.13. The summed E-state index contributed by atoms with van der Waals surface area (Å²) in [5, 5.41) is 10.3. The second-order valence-electron chi connectivity index (χ2n) is 5.24. The van der Waals surface area contributed by atoms with Crippen LogP contribution < -0.4 is 9.47 Å². The highest BCUT2D eigenvalue weighted by molar-refractivity contribution is 9.10. The molecule has 0 fully saturated rings. The Bertz CT molecular complexity index is 823. The van der Waals surface area contributed by atoms with E-state index in [0.29, 0.717) is 33.8 Å². The van der Waals surface area contributed by atoms with Gasteiger partial charge in [-0.2, -0.15) is 10.3 Å². The number of aromatic nitrogens is 3. The molecule has 1 aromatic carbocycles. The first kappa shape index (κ1) is 20.7. The SMILES string of the molecule is CCOC(=O)c1n[nH]nc1-c1cc(Br)c(OC(C)C(=O)OC)c(OCC)c1. The largest absolute Gasteiger partial charge is 0.490 e. The number of ether oxygens (including phenoxy) is 4. The van der Waals surface area contributed by atoms with Gasteiger partial charge in [0.15, 0.2) is 23.3 Å². The molecule has 0 amide bonds. The number of H-pyrrole nitrogens is 1. The Labute approximate surface area is 164 Å². The van der Waals surface area contributed by atoms with Gasteiger partial charge in [0.2, 0.25) is 0 Å². The van der Waals surface area contributed by atoms with E-state index in [1.807, 2.05) is 6.92 Å². The van der Waals surface area contributed by atoms with E-state index in [2.05, 4.69) is 36.1 Å². The molecule has 0 saturated carbocycles. The third-order valence-electron chi connectivity index (χ3n) is 3.43. The Kier molecular flexibility index (Phi) is 7.17. The van der Waals surface area contributed by atoms with Gasteiger partial charge in [-0.25, -0.2) is 9.59 Å². The van der Waals surface area contributed by atoms with Gasteiger partial charge in [-0.05, 0) is 48.8 Å². The minimum Gasteiger partial charge on any atom is -0.490 e. The van der Waals surface area contributed by atoms with Crippen LogP contribution in [-0.2, 0) is 14.3 Å². The predicted molar refractivity (Wildman–Crippen MR) is 98.8 cm³/mol. The zero-order valence-electron chi connectivity index (χ0n) is 15.4. The van der Waals surface area contributed by atoms with E-state index in [9.17, 15) is 9.59 Å². The Morgan fingerprint density at radius 2 is 1.96 bits per heavy atom. The monoisotopic (exact) mass is 441 g/mol. The lowest BCUT2D eigenvalue weighted by atomic mass is 10.1. The first-order valence-electron chi connectivity index (χ1n) is 8.21. The number of methoxy groups -OCH3 is 1. The number of hydrogen-bond acceptors (Lipinski definition) is 8. The molecule has 0 spiro atoms. The van der Waals surface area contributed by atoms with Crippen LogP contribution in [0.4, 0.5) is 0 Å². The third-order valence-corrected chi connectivity index (χ3v) is 4.02. The van der Waals surface area contributed by atoms with Crippen molar-refractivity contribution in [3.05, 3.63) is 22.3 Å². The topological polar surface area (TPSA) is 113 Å². The van der Waals surface area contributed by atoms with Gasteiger partial charge in [0.25, 0.3) is 0 Å². The van der Waals surface area contributed by atoms with Crippen LogP contribution in [-0.4, -0.2) is 53.8 Å². The number of carbonyl (C=O) groups excluding carboxylic acids is 2. The van der Waals surface area contributed by atoms with Crippen LogP contribution in [0.2, 0.25) is 0 Å². The van der Waals surface area contributed by atoms with Crippen LogP contribution in [0.1, 0.15) is 31.3 Å². The van der Waals surface area contributed by atoms with E-state index in [1.54, 1.807) is 26.0 Å². The number of carbonyl (C=O) groups is 2. The Balaban J connectivity index is 2.46. The number of benzene rings is 1. The van der Waals surface area contributed by atoms with E-state index in [-0.39, 0.29) is 12.3 Å². The molecule has 1 unspecified atom stereocenters. The summed E-state index contributed by atoms with van der Waals surface area (Å²) in [5.41, 5.74) is 0.922. The fourth-order valence-corrected chi connectivity index (χ4v) is 2.78. The van der Waals surface area contributed by atoms with Crippen molar-refractivity contribution >= 4 is 27.9 Å².